The molecule has 2 bridgehead atoms. The molecule has 0 saturated carbocycles. The van der Waals surface area contributed by atoms with Crippen LogP contribution in [0.4, 0.5) is 20.5 Å². The third kappa shape index (κ3) is 4.81. The lowest BCUT2D eigenvalue weighted by molar-refractivity contribution is 0.211. The molecule has 3 aliphatic rings. The van der Waals surface area contributed by atoms with Gasteiger partial charge >= 0.3 is 0 Å². The Morgan fingerprint density at radius 1 is 1.12 bits per heavy atom. The zero-order valence-electron chi connectivity index (χ0n) is 24.4. The first-order chi connectivity index (χ1) is 20.8. The Labute approximate surface area is 249 Å². The number of aromatic hydroxyl groups is 1. The largest absolute Gasteiger partial charge is 0.508 e. The van der Waals surface area contributed by atoms with E-state index in [0.29, 0.717) is 52.6 Å². The highest BCUT2D eigenvalue weighted by Gasteiger charge is 2.38. The van der Waals surface area contributed by atoms with Crippen molar-refractivity contribution < 1.29 is 13.9 Å². The SMILES string of the molecule is C#Cc1c(F)ccc2cc(O)cc(-c3ncc4c(N(C)C[C@H]5CCCCN5)nc(N5CC6CCC(C5)N6C)nc4c3F)c12. The maximum atomic E-state index is 16.8. The van der Waals surface area contributed by atoms with E-state index >= 15 is 4.39 Å². The Morgan fingerprint density at radius 3 is 2.63 bits per heavy atom. The van der Waals surface area contributed by atoms with Gasteiger partial charge in [0.15, 0.2) is 5.82 Å². The lowest BCUT2D eigenvalue weighted by Crippen LogP contribution is -2.52. The molecule has 7 rings (SSSR count). The van der Waals surface area contributed by atoms with Crippen molar-refractivity contribution in [3.8, 4) is 29.4 Å². The van der Waals surface area contributed by atoms with Crippen LogP contribution < -0.4 is 15.1 Å². The molecule has 2 N–H and O–H groups in total. The van der Waals surface area contributed by atoms with E-state index < -0.39 is 11.6 Å². The number of benzene rings is 2. The van der Waals surface area contributed by atoms with E-state index in [2.05, 4.69) is 38.0 Å². The number of nitrogens with zero attached hydrogens (tertiary/aromatic N) is 6. The van der Waals surface area contributed by atoms with Crippen LogP contribution in [0.1, 0.15) is 37.7 Å². The molecule has 8 nitrogen and oxygen atoms in total. The first-order valence-electron chi connectivity index (χ1n) is 15.0. The Hall–Kier alpha value is -4.07. The monoisotopic (exact) mass is 583 g/mol. The van der Waals surface area contributed by atoms with Gasteiger partial charge < -0.3 is 20.2 Å². The number of rotatable bonds is 5. The van der Waals surface area contributed by atoms with Crippen molar-refractivity contribution >= 4 is 33.4 Å². The van der Waals surface area contributed by atoms with Gasteiger partial charge in [-0.3, -0.25) is 9.88 Å². The van der Waals surface area contributed by atoms with Crippen LogP contribution in [-0.4, -0.2) is 83.4 Å². The summed E-state index contributed by atoms with van der Waals surface area (Å²) in [6.45, 7) is 3.24. The summed E-state index contributed by atoms with van der Waals surface area (Å²) in [5.74, 6) is 2.14. The highest BCUT2D eigenvalue weighted by atomic mass is 19.1. The number of nitrogens with one attached hydrogen (secondary N) is 1. The molecule has 3 atom stereocenters. The number of likely N-dealkylation sites (N-methyl/N-ethyl adjacent to an activating group) is 2. The van der Waals surface area contributed by atoms with Crippen LogP contribution in [0, 0.1) is 24.0 Å². The van der Waals surface area contributed by atoms with E-state index in [-0.39, 0.29) is 28.1 Å². The number of hydrogen-bond acceptors (Lipinski definition) is 8. The molecule has 0 amide bonds. The number of phenolic OH excluding ortho intramolecular Hbond substituents is 1. The molecule has 0 radical (unpaired) electrons. The summed E-state index contributed by atoms with van der Waals surface area (Å²) in [6.07, 6.45) is 12.9. The summed E-state index contributed by atoms with van der Waals surface area (Å²) in [7, 11) is 4.15. The summed E-state index contributed by atoms with van der Waals surface area (Å²) in [5.41, 5.74) is 0.280. The van der Waals surface area contributed by atoms with Crippen LogP contribution in [0.25, 0.3) is 32.9 Å². The van der Waals surface area contributed by atoms with Crippen molar-refractivity contribution in [3.05, 3.63) is 47.7 Å². The number of aromatic nitrogens is 3. The molecule has 3 fully saturated rings. The predicted molar refractivity (Wildman–Crippen MR) is 165 cm³/mol. The van der Waals surface area contributed by atoms with Gasteiger partial charge in [0.25, 0.3) is 0 Å². The van der Waals surface area contributed by atoms with Gasteiger partial charge in [0.2, 0.25) is 5.95 Å². The van der Waals surface area contributed by atoms with Crippen molar-refractivity contribution in [2.45, 2.75) is 50.2 Å². The van der Waals surface area contributed by atoms with Gasteiger partial charge in [-0.2, -0.15) is 4.98 Å². The summed E-state index contributed by atoms with van der Waals surface area (Å²) in [6, 6.07) is 6.73. The zero-order chi connectivity index (χ0) is 29.8. The first kappa shape index (κ1) is 27.7. The van der Waals surface area contributed by atoms with Crippen LogP contribution in [0.5, 0.6) is 5.75 Å². The quantitative estimate of drug-likeness (QED) is 0.328. The molecule has 3 saturated heterocycles. The fourth-order valence-corrected chi connectivity index (χ4v) is 7.18. The van der Waals surface area contributed by atoms with Crippen LogP contribution in [0.3, 0.4) is 0 Å². The van der Waals surface area contributed by atoms with Gasteiger partial charge in [-0.1, -0.05) is 18.4 Å². The average molecular weight is 584 g/mol. The molecule has 2 aromatic carbocycles. The second kappa shape index (κ2) is 10.9. The van der Waals surface area contributed by atoms with E-state index in [1.807, 2.05) is 7.05 Å². The summed E-state index contributed by atoms with van der Waals surface area (Å²) in [5, 5.41) is 15.4. The molecular weight excluding hydrogens is 548 g/mol. The van der Waals surface area contributed by atoms with Crippen molar-refractivity contribution in [2.75, 3.05) is 50.1 Å². The Balaban J connectivity index is 1.40. The number of piperazine rings is 1. The smallest absolute Gasteiger partial charge is 0.228 e. The maximum absolute atomic E-state index is 16.8. The molecule has 3 aliphatic heterocycles. The fraction of sp³-hybridized carbons (Fsp3) is 0.424. The third-order valence-corrected chi connectivity index (χ3v) is 9.50. The fourth-order valence-electron chi connectivity index (χ4n) is 7.18. The molecular formula is C33H35F2N7O. The highest BCUT2D eigenvalue weighted by molar-refractivity contribution is 6.03. The van der Waals surface area contributed by atoms with Gasteiger partial charge in [0, 0.05) is 62.0 Å². The Kier molecular flexibility index (Phi) is 7.02. The lowest BCUT2D eigenvalue weighted by Gasteiger charge is -2.39. The average Bonchev–Trinajstić information content (AvgIpc) is 3.20. The minimum Gasteiger partial charge on any atom is -0.508 e. The Bertz CT molecular complexity index is 1750. The van der Waals surface area contributed by atoms with Gasteiger partial charge in [-0.05, 0) is 62.9 Å². The molecule has 0 aliphatic carbocycles. The zero-order valence-corrected chi connectivity index (χ0v) is 24.4. The second-order valence-corrected chi connectivity index (χ2v) is 12.2. The van der Waals surface area contributed by atoms with Crippen molar-refractivity contribution in [1.29, 1.82) is 0 Å². The second-order valence-electron chi connectivity index (χ2n) is 12.2. The topological polar surface area (TPSA) is 80.7 Å². The van der Waals surface area contributed by atoms with Crippen LogP contribution in [0.15, 0.2) is 30.5 Å². The molecule has 0 spiro atoms. The van der Waals surface area contributed by atoms with Crippen LogP contribution >= 0.6 is 0 Å². The molecule has 43 heavy (non-hydrogen) atoms. The molecule has 10 heteroatoms. The lowest BCUT2D eigenvalue weighted by atomic mass is 9.96. The molecule has 2 aromatic heterocycles. The van der Waals surface area contributed by atoms with Gasteiger partial charge in [-0.15, -0.1) is 6.42 Å². The van der Waals surface area contributed by atoms with Crippen molar-refractivity contribution in [1.82, 2.24) is 25.2 Å². The van der Waals surface area contributed by atoms with E-state index in [1.54, 1.807) is 6.20 Å². The summed E-state index contributed by atoms with van der Waals surface area (Å²) in [4.78, 5) is 21.0. The standard InChI is InChI=1S/C33H35F2N7O/c1-4-24-27(34)11-8-19-13-23(43)14-25(28(19)24)30-29(35)31-26(15-37-30)32(40(2)16-20-7-5-6-12-36-20)39-33(38-31)42-17-21-9-10-22(18-42)41(21)3/h1,8,11,13-15,20-22,36,43H,5-7,9-10,12,16-18H2,2-3H3/t20-,21?,22?/m1/s1. The number of pyridine rings is 1. The van der Waals surface area contributed by atoms with E-state index in [1.165, 1.54) is 37.1 Å². The number of terminal acetylenes is 1. The molecule has 5 heterocycles. The number of anilines is 2. The normalized spacial score (nSPS) is 22.3. The third-order valence-electron chi connectivity index (χ3n) is 9.50. The minimum atomic E-state index is -0.664. The van der Waals surface area contributed by atoms with Crippen molar-refractivity contribution in [3.63, 3.8) is 0 Å². The number of halogens is 2. The highest BCUT2D eigenvalue weighted by Crippen LogP contribution is 2.39. The predicted octanol–water partition coefficient (Wildman–Crippen LogP) is 4.67. The van der Waals surface area contributed by atoms with E-state index in [9.17, 15) is 9.50 Å². The number of phenols is 1. The number of piperidine rings is 1. The van der Waals surface area contributed by atoms with Crippen molar-refractivity contribution in [2.24, 2.45) is 0 Å². The summed E-state index contributed by atoms with van der Waals surface area (Å²) >= 11 is 0. The van der Waals surface area contributed by atoms with Crippen LogP contribution in [0.2, 0.25) is 0 Å². The molecule has 222 valence electrons. The number of hydrogen-bond donors (Lipinski definition) is 2. The Morgan fingerprint density at radius 2 is 1.91 bits per heavy atom. The van der Waals surface area contributed by atoms with E-state index in [4.69, 9.17) is 16.4 Å². The minimum absolute atomic E-state index is 0.00881. The first-order valence-corrected chi connectivity index (χ1v) is 15.0. The van der Waals surface area contributed by atoms with Gasteiger partial charge in [0.05, 0.1) is 10.9 Å². The van der Waals surface area contributed by atoms with Gasteiger partial charge in [0.1, 0.15) is 28.6 Å². The van der Waals surface area contributed by atoms with Gasteiger partial charge in [-0.25, -0.2) is 13.8 Å². The number of fused-ring (bicyclic) bond motifs is 4. The van der Waals surface area contributed by atoms with Crippen LogP contribution in [-0.2, 0) is 0 Å². The molecule has 4 aromatic rings. The summed E-state index contributed by atoms with van der Waals surface area (Å²) < 4.78 is 31.6. The van der Waals surface area contributed by atoms with E-state index in [0.717, 1.165) is 38.9 Å². The molecule has 2 unspecified atom stereocenters. The maximum Gasteiger partial charge on any atom is 0.228 e.